The molecule has 1 saturated heterocycles. The van der Waals surface area contributed by atoms with Gasteiger partial charge in [-0.3, -0.25) is 14.7 Å². The average molecular weight is 449 g/mol. The van der Waals surface area contributed by atoms with Crippen LogP contribution in [0.15, 0.2) is 36.1 Å². The number of carbonyl (C=O) groups excluding carboxylic acids is 1. The number of rotatable bonds is 6. The maximum absolute atomic E-state index is 13.4. The van der Waals surface area contributed by atoms with Crippen LogP contribution in [0.25, 0.3) is 5.69 Å². The Labute approximate surface area is 183 Å². The van der Waals surface area contributed by atoms with Crippen molar-refractivity contribution in [2.45, 2.75) is 38.9 Å². The van der Waals surface area contributed by atoms with E-state index < -0.39 is 5.82 Å². The van der Waals surface area contributed by atoms with Gasteiger partial charge in [-0.05, 0) is 31.0 Å². The molecule has 1 aliphatic heterocycles. The highest BCUT2D eigenvalue weighted by atomic mass is 35.5. The first-order valence-electron chi connectivity index (χ1n) is 9.73. The van der Waals surface area contributed by atoms with E-state index in [1.807, 2.05) is 22.8 Å². The molecule has 3 heterocycles. The molecule has 2 aromatic heterocycles. The predicted molar refractivity (Wildman–Crippen MR) is 113 cm³/mol. The third kappa shape index (κ3) is 4.85. The molecule has 30 heavy (non-hydrogen) atoms. The van der Waals surface area contributed by atoms with Crippen molar-refractivity contribution in [2.24, 2.45) is 0 Å². The topological polar surface area (TPSA) is 67.2 Å². The molecule has 0 bridgehead atoms. The predicted octanol–water partition coefficient (Wildman–Crippen LogP) is 3.53. The fourth-order valence-electron chi connectivity index (χ4n) is 3.71. The summed E-state index contributed by atoms with van der Waals surface area (Å²) in [6.07, 6.45) is 5.56. The minimum absolute atomic E-state index is 0.0496. The molecule has 1 aliphatic rings. The third-order valence-corrected chi connectivity index (χ3v) is 6.40. The van der Waals surface area contributed by atoms with E-state index in [2.05, 4.69) is 20.2 Å². The molecule has 158 valence electrons. The molecule has 1 fully saturated rings. The van der Waals surface area contributed by atoms with Gasteiger partial charge in [0.2, 0.25) is 5.91 Å². The lowest BCUT2D eigenvalue weighted by Gasteiger charge is -2.37. The van der Waals surface area contributed by atoms with Gasteiger partial charge in [0.1, 0.15) is 5.82 Å². The van der Waals surface area contributed by atoms with Gasteiger partial charge in [-0.15, -0.1) is 16.4 Å². The summed E-state index contributed by atoms with van der Waals surface area (Å²) in [6.45, 7) is 4.54. The van der Waals surface area contributed by atoms with Crippen molar-refractivity contribution in [3.8, 4) is 5.69 Å². The van der Waals surface area contributed by atoms with Crippen LogP contribution in [-0.2, 0) is 17.9 Å². The van der Waals surface area contributed by atoms with Crippen LogP contribution < -0.4 is 0 Å². The number of amides is 1. The Morgan fingerprint density at radius 2 is 2.13 bits per heavy atom. The van der Waals surface area contributed by atoms with Gasteiger partial charge >= 0.3 is 0 Å². The minimum Gasteiger partial charge on any atom is -0.343 e. The summed E-state index contributed by atoms with van der Waals surface area (Å²) in [5.74, 6) is -0.336. The maximum Gasteiger partial charge on any atom is 0.219 e. The molecule has 0 aliphatic carbocycles. The van der Waals surface area contributed by atoms with Crippen LogP contribution in [0.5, 0.6) is 0 Å². The standard InChI is InChI=1S/C20H22ClFN6OS/c1-14(29)26-6-4-16(5-7-26)27(12-18-9-23-13-30-18)10-15-11-28(25-24-15)17-2-3-20(22)19(21)8-17/h2-3,8-9,11,13,16H,4-7,10,12H2,1H3. The highest BCUT2D eigenvalue weighted by molar-refractivity contribution is 7.09. The Morgan fingerprint density at radius 1 is 1.33 bits per heavy atom. The van der Waals surface area contributed by atoms with Gasteiger partial charge in [0.15, 0.2) is 0 Å². The van der Waals surface area contributed by atoms with Gasteiger partial charge in [0.25, 0.3) is 0 Å². The Balaban J connectivity index is 1.50. The van der Waals surface area contributed by atoms with Crippen molar-refractivity contribution in [3.63, 3.8) is 0 Å². The highest BCUT2D eigenvalue weighted by Gasteiger charge is 2.27. The normalized spacial score (nSPS) is 15.1. The molecule has 1 amide bonds. The Hall–Kier alpha value is -2.36. The largest absolute Gasteiger partial charge is 0.343 e. The summed E-state index contributed by atoms with van der Waals surface area (Å²) >= 11 is 7.52. The lowest BCUT2D eigenvalue weighted by Crippen LogP contribution is -2.45. The van der Waals surface area contributed by atoms with Crippen LogP contribution in [0.3, 0.4) is 0 Å². The molecule has 0 radical (unpaired) electrons. The summed E-state index contributed by atoms with van der Waals surface area (Å²) in [6, 6.07) is 4.81. The number of hydrogen-bond acceptors (Lipinski definition) is 6. The Kier molecular flexibility index (Phi) is 6.40. The van der Waals surface area contributed by atoms with Gasteiger partial charge in [0, 0.05) is 50.2 Å². The molecule has 4 rings (SSSR count). The van der Waals surface area contributed by atoms with Gasteiger partial charge < -0.3 is 4.90 Å². The van der Waals surface area contributed by atoms with Crippen LogP contribution >= 0.6 is 22.9 Å². The molecular weight excluding hydrogens is 427 g/mol. The fraction of sp³-hybridized carbons (Fsp3) is 0.400. The number of halogens is 2. The number of carbonyl (C=O) groups is 1. The summed E-state index contributed by atoms with van der Waals surface area (Å²) in [5.41, 5.74) is 3.30. The zero-order chi connectivity index (χ0) is 21.1. The second-order valence-corrected chi connectivity index (χ2v) is 8.74. The molecule has 0 unspecified atom stereocenters. The summed E-state index contributed by atoms with van der Waals surface area (Å²) in [7, 11) is 0. The van der Waals surface area contributed by atoms with Crippen molar-refractivity contribution in [1.82, 2.24) is 29.8 Å². The quantitative estimate of drug-likeness (QED) is 0.577. The van der Waals surface area contributed by atoms with Crippen LogP contribution in [0.4, 0.5) is 4.39 Å². The van der Waals surface area contributed by atoms with E-state index in [9.17, 15) is 9.18 Å². The van der Waals surface area contributed by atoms with Gasteiger partial charge in [-0.25, -0.2) is 9.07 Å². The zero-order valence-corrected chi connectivity index (χ0v) is 18.1. The van der Waals surface area contributed by atoms with Gasteiger partial charge in [-0.1, -0.05) is 16.8 Å². The van der Waals surface area contributed by atoms with E-state index in [0.29, 0.717) is 18.3 Å². The van der Waals surface area contributed by atoms with E-state index in [-0.39, 0.29) is 10.9 Å². The van der Waals surface area contributed by atoms with E-state index in [1.54, 1.807) is 29.0 Å². The number of aromatic nitrogens is 4. The number of likely N-dealkylation sites (tertiary alicyclic amines) is 1. The number of benzene rings is 1. The Bertz CT molecular complexity index is 1000. The number of nitrogens with zero attached hydrogens (tertiary/aromatic N) is 6. The third-order valence-electron chi connectivity index (χ3n) is 5.34. The summed E-state index contributed by atoms with van der Waals surface area (Å²) in [5, 5.41) is 8.54. The second-order valence-electron chi connectivity index (χ2n) is 7.36. The lowest BCUT2D eigenvalue weighted by molar-refractivity contribution is -0.130. The molecular formula is C20H22ClFN6OS. The molecule has 0 spiro atoms. The molecule has 3 aromatic rings. The average Bonchev–Trinajstić information content (AvgIpc) is 3.42. The highest BCUT2D eigenvalue weighted by Crippen LogP contribution is 2.23. The van der Waals surface area contributed by atoms with Crippen LogP contribution in [0, 0.1) is 5.82 Å². The van der Waals surface area contributed by atoms with E-state index in [4.69, 9.17) is 11.6 Å². The molecule has 0 saturated carbocycles. The number of thiazole rings is 1. The minimum atomic E-state index is -0.464. The smallest absolute Gasteiger partial charge is 0.219 e. The van der Waals surface area contributed by atoms with E-state index in [1.165, 1.54) is 17.0 Å². The summed E-state index contributed by atoms with van der Waals surface area (Å²) < 4.78 is 15.0. The van der Waals surface area contributed by atoms with Crippen LogP contribution in [-0.4, -0.2) is 54.8 Å². The first kappa shape index (κ1) is 20.9. The van der Waals surface area contributed by atoms with Crippen molar-refractivity contribution in [3.05, 3.63) is 57.5 Å². The lowest BCUT2D eigenvalue weighted by atomic mass is 10.0. The zero-order valence-electron chi connectivity index (χ0n) is 16.5. The van der Waals surface area contributed by atoms with E-state index in [0.717, 1.165) is 38.2 Å². The van der Waals surface area contributed by atoms with Crippen LogP contribution in [0.2, 0.25) is 5.02 Å². The Morgan fingerprint density at radius 3 is 2.80 bits per heavy atom. The molecule has 1 aromatic carbocycles. The first-order valence-corrected chi connectivity index (χ1v) is 11.0. The number of hydrogen-bond donors (Lipinski definition) is 0. The van der Waals surface area contributed by atoms with Crippen molar-refractivity contribution >= 4 is 28.8 Å². The molecule has 10 heteroatoms. The van der Waals surface area contributed by atoms with Crippen molar-refractivity contribution in [1.29, 1.82) is 0 Å². The van der Waals surface area contributed by atoms with Crippen LogP contribution in [0.1, 0.15) is 30.3 Å². The van der Waals surface area contributed by atoms with Gasteiger partial charge in [-0.2, -0.15) is 0 Å². The van der Waals surface area contributed by atoms with Crippen molar-refractivity contribution in [2.75, 3.05) is 13.1 Å². The molecule has 7 nitrogen and oxygen atoms in total. The maximum atomic E-state index is 13.4. The van der Waals surface area contributed by atoms with Gasteiger partial charge in [0.05, 0.1) is 28.1 Å². The molecule has 0 atom stereocenters. The monoisotopic (exact) mass is 448 g/mol. The summed E-state index contributed by atoms with van der Waals surface area (Å²) in [4.78, 5) is 21.3. The van der Waals surface area contributed by atoms with E-state index >= 15 is 0 Å². The fourth-order valence-corrected chi connectivity index (χ4v) is 4.51. The first-order chi connectivity index (χ1) is 14.5. The molecule has 0 N–H and O–H groups in total. The SMILES string of the molecule is CC(=O)N1CCC(N(Cc2cn(-c3ccc(F)c(Cl)c3)nn2)Cc2cncs2)CC1. The van der Waals surface area contributed by atoms with Crippen molar-refractivity contribution < 1.29 is 9.18 Å². The number of piperidine rings is 1. The second kappa shape index (κ2) is 9.20.